The molecule has 2 aromatic heterocycles. The summed E-state index contributed by atoms with van der Waals surface area (Å²) in [5.74, 6) is 0. The maximum absolute atomic E-state index is 3.76. The van der Waals surface area contributed by atoms with Crippen molar-refractivity contribution in [2.75, 3.05) is 0 Å². The van der Waals surface area contributed by atoms with Crippen LogP contribution in [0.5, 0.6) is 0 Å². The van der Waals surface area contributed by atoms with Crippen LogP contribution in [0.4, 0.5) is 0 Å². The zero-order valence-electron chi connectivity index (χ0n) is 10.4. The van der Waals surface area contributed by atoms with E-state index in [0.29, 0.717) is 0 Å². The van der Waals surface area contributed by atoms with Crippen molar-refractivity contribution in [2.45, 2.75) is 13.8 Å². The van der Waals surface area contributed by atoms with Crippen molar-refractivity contribution >= 4 is 11.0 Å². The van der Waals surface area contributed by atoms with E-state index < -0.39 is 0 Å². The molecule has 0 bridgehead atoms. The van der Waals surface area contributed by atoms with Gasteiger partial charge >= 0.3 is 0 Å². The Morgan fingerprint density at radius 2 is 1.78 bits per heavy atom. The minimum Gasteiger partial charge on any atom is -0.450 e. The number of rotatable bonds is 0. The van der Waals surface area contributed by atoms with Crippen molar-refractivity contribution < 1.29 is 65.4 Å². The van der Waals surface area contributed by atoms with Gasteiger partial charge in [0, 0.05) is 65.4 Å². The first kappa shape index (κ1) is 20.4. The normalized spacial score (nSPS) is 7.67. The number of nitrogens with zero attached hydrogens (tertiary/aromatic N) is 5. The van der Waals surface area contributed by atoms with Gasteiger partial charge in [0.25, 0.3) is 0 Å². The number of aromatic nitrogens is 5. The van der Waals surface area contributed by atoms with Crippen molar-refractivity contribution in [1.82, 2.24) is 25.4 Å². The molecule has 18 heavy (non-hydrogen) atoms. The molecule has 2 radical (unpaired) electrons. The molecule has 2 heterocycles. The molecule has 0 atom stereocenters. The Morgan fingerprint density at radius 1 is 1.06 bits per heavy atom. The van der Waals surface area contributed by atoms with Gasteiger partial charge in [-0.15, -0.1) is 0 Å². The van der Waals surface area contributed by atoms with E-state index in [9.17, 15) is 0 Å². The van der Waals surface area contributed by atoms with Gasteiger partial charge in [0.05, 0.1) is 0 Å². The maximum atomic E-state index is 3.76. The summed E-state index contributed by atoms with van der Waals surface area (Å²) < 4.78 is 0. The van der Waals surface area contributed by atoms with Crippen LogP contribution in [0.25, 0.3) is 11.0 Å². The average Bonchev–Trinajstić information content (AvgIpc) is 3.06. The number of hydrogen-bond donors (Lipinski definition) is 0. The summed E-state index contributed by atoms with van der Waals surface area (Å²) in [6.07, 6.45) is 4.78. The number of fused-ring (bicyclic) bond motifs is 1. The van der Waals surface area contributed by atoms with Gasteiger partial charge in [-0.3, -0.25) is 5.21 Å². The molecule has 0 amide bonds. The Bertz CT molecular complexity index is 433. The fraction of sp³-hybridized carbons (Fsp3) is 0.182. The van der Waals surface area contributed by atoms with Gasteiger partial charge in [-0.2, -0.15) is 0 Å². The Labute approximate surface area is 157 Å². The standard InChI is InChI=1S/C6H4N3.C3H3N2.C2H6.2Y/c1-2-4-6-5(3-1)7-9-8-6;1-2-5-3-4-1;1-2;;/h1-4H;1-3H;1-2H3;;/q2*-1;;;. The van der Waals surface area contributed by atoms with Gasteiger partial charge in [-0.1, -0.05) is 56.8 Å². The van der Waals surface area contributed by atoms with E-state index in [0.717, 1.165) is 11.0 Å². The van der Waals surface area contributed by atoms with E-state index in [1.54, 1.807) is 12.4 Å². The predicted octanol–water partition coefficient (Wildman–Crippen LogP) is 1.65. The minimum atomic E-state index is 0. The number of hydrogen-bond acceptors (Lipinski definition) is 3. The van der Waals surface area contributed by atoms with Gasteiger partial charge in [0.2, 0.25) is 0 Å². The number of imidazole rings is 1. The van der Waals surface area contributed by atoms with E-state index in [4.69, 9.17) is 0 Å². The zero-order chi connectivity index (χ0) is 11.6. The van der Waals surface area contributed by atoms with Gasteiger partial charge in [-0.25, -0.2) is 0 Å². The van der Waals surface area contributed by atoms with Gasteiger partial charge < -0.3 is 20.2 Å². The first-order valence-corrected chi connectivity index (χ1v) is 5.04. The molecule has 90 valence electrons. The van der Waals surface area contributed by atoms with Crippen LogP contribution in [-0.2, 0) is 65.4 Å². The summed E-state index contributed by atoms with van der Waals surface area (Å²) in [7, 11) is 0. The summed E-state index contributed by atoms with van der Waals surface area (Å²) in [5, 5.41) is 11.0. The van der Waals surface area contributed by atoms with Gasteiger partial charge in [-0.05, 0) is 11.0 Å². The van der Waals surface area contributed by atoms with Crippen LogP contribution in [0.3, 0.4) is 0 Å². The second-order valence-electron chi connectivity index (χ2n) is 2.49. The smallest absolute Gasteiger partial charge is 0 e. The van der Waals surface area contributed by atoms with Crippen molar-refractivity contribution in [2.24, 2.45) is 0 Å². The van der Waals surface area contributed by atoms with Gasteiger partial charge in [0.15, 0.2) is 0 Å². The number of benzene rings is 1. The molecule has 0 unspecified atom stereocenters. The molecule has 5 nitrogen and oxygen atoms in total. The Morgan fingerprint density at radius 3 is 2.28 bits per heavy atom. The molecule has 0 saturated carbocycles. The quantitative estimate of drug-likeness (QED) is 0.581. The summed E-state index contributed by atoms with van der Waals surface area (Å²) in [6, 6.07) is 7.60. The summed E-state index contributed by atoms with van der Waals surface area (Å²) >= 11 is 0. The van der Waals surface area contributed by atoms with Crippen LogP contribution in [-0.4, -0.2) is 15.3 Å². The summed E-state index contributed by atoms with van der Waals surface area (Å²) in [6.45, 7) is 4.00. The monoisotopic (exact) mass is 393 g/mol. The van der Waals surface area contributed by atoms with Crippen LogP contribution in [0, 0.1) is 0 Å². The van der Waals surface area contributed by atoms with Crippen molar-refractivity contribution in [3.05, 3.63) is 43.0 Å². The van der Waals surface area contributed by atoms with Crippen molar-refractivity contribution in [1.29, 1.82) is 0 Å². The van der Waals surface area contributed by atoms with E-state index >= 15 is 0 Å². The van der Waals surface area contributed by atoms with Gasteiger partial charge in [0.1, 0.15) is 0 Å². The predicted molar refractivity (Wildman–Crippen MR) is 61.8 cm³/mol. The van der Waals surface area contributed by atoms with Crippen LogP contribution < -0.4 is 10.1 Å². The molecule has 0 spiro atoms. The van der Waals surface area contributed by atoms with Crippen LogP contribution in [0.1, 0.15) is 13.8 Å². The van der Waals surface area contributed by atoms with Crippen molar-refractivity contribution in [3.63, 3.8) is 0 Å². The molecule has 0 aliphatic heterocycles. The van der Waals surface area contributed by atoms with Crippen LogP contribution >= 0.6 is 0 Å². The Kier molecular flexibility index (Phi) is 15.2. The molecule has 0 N–H and O–H groups in total. The minimum absolute atomic E-state index is 0. The molecular weight excluding hydrogens is 380 g/mol. The Hall–Kier alpha value is 0.0378. The topological polar surface area (TPSA) is 66.9 Å². The molecule has 0 saturated heterocycles. The SMILES string of the molecule is CC.[Y].[Y].c1c[n-]cn1.c1ccc2[n-]nnc2c1. The molecule has 0 aliphatic carbocycles. The second-order valence-corrected chi connectivity index (χ2v) is 2.49. The molecule has 0 fully saturated rings. The first-order valence-electron chi connectivity index (χ1n) is 5.04. The van der Waals surface area contributed by atoms with E-state index in [1.165, 1.54) is 6.33 Å². The molecule has 3 aromatic rings. The molecule has 3 rings (SSSR count). The molecule has 0 aliphatic rings. The van der Waals surface area contributed by atoms with Crippen LogP contribution in [0.2, 0.25) is 0 Å². The maximum Gasteiger partial charge on any atom is 0 e. The third-order valence-electron chi connectivity index (χ3n) is 1.56. The fourth-order valence-electron chi connectivity index (χ4n) is 0.944. The third-order valence-corrected chi connectivity index (χ3v) is 1.56. The second kappa shape index (κ2) is 13.5. The van der Waals surface area contributed by atoms with E-state index in [-0.39, 0.29) is 65.4 Å². The summed E-state index contributed by atoms with van der Waals surface area (Å²) in [5.41, 5.74) is 1.72. The Balaban J connectivity index is 0. The molecular formula is C11H13N5Y2-2. The van der Waals surface area contributed by atoms with E-state index in [2.05, 4.69) is 25.4 Å². The molecule has 1 aromatic carbocycles. The average molecular weight is 393 g/mol. The summed E-state index contributed by atoms with van der Waals surface area (Å²) in [4.78, 5) is 7.22. The van der Waals surface area contributed by atoms with Crippen LogP contribution in [0.15, 0.2) is 43.0 Å². The fourth-order valence-corrected chi connectivity index (χ4v) is 0.944. The largest absolute Gasteiger partial charge is 0.450 e. The van der Waals surface area contributed by atoms with Crippen molar-refractivity contribution in [3.8, 4) is 0 Å². The first-order chi connectivity index (χ1) is 7.97. The third kappa shape index (κ3) is 7.47. The zero-order valence-corrected chi connectivity index (χ0v) is 16.1. The van der Waals surface area contributed by atoms with E-state index in [1.807, 2.05) is 38.1 Å². The molecule has 7 heteroatoms.